The molecule has 0 aliphatic carbocycles. The number of hydrogen-bond donors (Lipinski definition) is 3. The average Bonchev–Trinajstić information content (AvgIpc) is 2.77. The number of likely N-dealkylation sites (tertiary alicyclic amines) is 1. The van der Waals surface area contributed by atoms with Gasteiger partial charge < -0.3 is 20.6 Å². The van der Waals surface area contributed by atoms with E-state index in [2.05, 4.69) is 10.6 Å². The van der Waals surface area contributed by atoms with Crippen molar-refractivity contribution in [2.75, 3.05) is 19.6 Å². The Morgan fingerprint density at radius 1 is 1.03 bits per heavy atom. The standard InChI is InChI=1S/C22H26FN3O3/c23-19-8-6-16(7-9-19)14-24-22(29)25-15-20(27)26-12-10-18(11-13-26)21(28)17-4-2-1-3-5-17/h1-9,18,21,28H,10-15H2,(H2,24,25,29). The van der Waals surface area contributed by atoms with Gasteiger partial charge in [-0.25, -0.2) is 9.18 Å². The van der Waals surface area contributed by atoms with Gasteiger partial charge in [0.05, 0.1) is 12.6 Å². The molecule has 2 aromatic rings. The molecule has 1 atom stereocenters. The van der Waals surface area contributed by atoms with E-state index < -0.39 is 12.1 Å². The van der Waals surface area contributed by atoms with E-state index in [1.54, 1.807) is 17.0 Å². The van der Waals surface area contributed by atoms with Crippen LogP contribution in [0, 0.1) is 11.7 Å². The van der Waals surface area contributed by atoms with Gasteiger partial charge in [-0.3, -0.25) is 4.79 Å². The van der Waals surface area contributed by atoms with Crippen molar-refractivity contribution in [1.29, 1.82) is 0 Å². The molecule has 0 aromatic heterocycles. The van der Waals surface area contributed by atoms with Crippen molar-refractivity contribution in [3.8, 4) is 0 Å². The fourth-order valence-electron chi connectivity index (χ4n) is 3.50. The van der Waals surface area contributed by atoms with Crippen molar-refractivity contribution >= 4 is 11.9 Å². The van der Waals surface area contributed by atoms with E-state index in [0.717, 1.165) is 24.0 Å². The van der Waals surface area contributed by atoms with E-state index in [1.165, 1.54) is 12.1 Å². The summed E-state index contributed by atoms with van der Waals surface area (Å²) < 4.78 is 12.9. The summed E-state index contributed by atoms with van der Waals surface area (Å²) in [7, 11) is 0. The van der Waals surface area contributed by atoms with E-state index in [4.69, 9.17) is 0 Å². The summed E-state index contributed by atoms with van der Waals surface area (Å²) in [6, 6.07) is 15.0. The lowest BCUT2D eigenvalue weighted by molar-refractivity contribution is -0.132. The quantitative estimate of drug-likeness (QED) is 0.698. The second-order valence-electron chi connectivity index (χ2n) is 7.24. The molecule has 0 bridgehead atoms. The number of nitrogens with zero attached hydrogens (tertiary/aromatic N) is 1. The zero-order valence-corrected chi connectivity index (χ0v) is 16.2. The Bertz CT molecular complexity index is 806. The minimum absolute atomic E-state index is 0.0822. The monoisotopic (exact) mass is 399 g/mol. The Kier molecular flexibility index (Phi) is 7.19. The number of piperidine rings is 1. The summed E-state index contributed by atoms with van der Waals surface area (Å²) in [6.45, 7) is 1.29. The summed E-state index contributed by atoms with van der Waals surface area (Å²) >= 11 is 0. The van der Waals surface area contributed by atoms with Crippen molar-refractivity contribution in [2.24, 2.45) is 5.92 Å². The molecular weight excluding hydrogens is 373 g/mol. The molecule has 2 aromatic carbocycles. The van der Waals surface area contributed by atoms with Crippen LogP contribution in [0.3, 0.4) is 0 Å². The largest absolute Gasteiger partial charge is 0.388 e. The van der Waals surface area contributed by atoms with Gasteiger partial charge in [-0.05, 0) is 42.0 Å². The van der Waals surface area contributed by atoms with Gasteiger partial charge >= 0.3 is 6.03 Å². The first-order chi connectivity index (χ1) is 14.0. The van der Waals surface area contributed by atoms with E-state index >= 15 is 0 Å². The number of halogens is 1. The minimum atomic E-state index is -0.524. The van der Waals surface area contributed by atoms with Gasteiger partial charge in [0, 0.05) is 19.6 Å². The molecule has 154 valence electrons. The summed E-state index contributed by atoms with van der Waals surface area (Å²) in [5, 5.41) is 15.7. The zero-order chi connectivity index (χ0) is 20.6. The second kappa shape index (κ2) is 10.0. The van der Waals surface area contributed by atoms with Gasteiger partial charge in [0.25, 0.3) is 0 Å². The average molecular weight is 399 g/mol. The summed E-state index contributed by atoms with van der Waals surface area (Å²) in [4.78, 5) is 25.9. The van der Waals surface area contributed by atoms with Crippen LogP contribution in [0.5, 0.6) is 0 Å². The molecule has 0 saturated carbocycles. The number of hydrogen-bond acceptors (Lipinski definition) is 3. The van der Waals surface area contributed by atoms with E-state index in [0.29, 0.717) is 13.1 Å². The molecule has 1 aliphatic rings. The number of benzene rings is 2. The number of nitrogens with one attached hydrogen (secondary N) is 2. The molecule has 3 N–H and O–H groups in total. The normalized spacial score (nSPS) is 15.6. The van der Waals surface area contributed by atoms with Crippen LogP contribution < -0.4 is 10.6 Å². The predicted octanol–water partition coefficient (Wildman–Crippen LogP) is 2.60. The number of carbonyl (C=O) groups is 2. The van der Waals surface area contributed by atoms with Crippen molar-refractivity contribution < 1.29 is 19.1 Å². The Balaban J connectivity index is 1.37. The maximum Gasteiger partial charge on any atom is 0.315 e. The molecule has 3 rings (SSSR count). The highest BCUT2D eigenvalue weighted by Gasteiger charge is 2.28. The SMILES string of the molecule is O=C(NCC(=O)N1CCC(C(O)c2ccccc2)CC1)NCc1ccc(F)cc1. The maximum atomic E-state index is 12.9. The molecule has 1 aliphatic heterocycles. The first kappa shape index (κ1) is 20.8. The fraction of sp³-hybridized carbons (Fsp3) is 0.364. The molecule has 7 heteroatoms. The lowest BCUT2D eigenvalue weighted by atomic mass is 9.87. The molecule has 1 saturated heterocycles. The Morgan fingerprint density at radius 2 is 1.69 bits per heavy atom. The molecule has 29 heavy (non-hydrogen) atoms. The van der Waals surface area contributed by atoms with Crippen LogP contribution in [0.1, 0.15) is 30.1 Å². The number of rotatable bonds is 6. The fourth-order valence-corrected chi connectivity index (χ4v) is 3.50. The first-order valence-corrected chi connectivity index (χ1v) is 9.80. The topological polar surface area (TPSA) is 81.7 Å². The third kappa shape index (κ3) is 6.02. The lowest BCUT2D eigenvalue weighted by Gasteiger charge is -2.34. The highest BCUT2D eigenvalue weighted by molar-refractivity contribution is 5.84. The van der Waals surface area contributed by atoms with Gasteiger partial charge in [-0.2, -0.15) is 0 Å². The Hall–Kier alpha value is -2.93. The van der Waals surface area contributed by atoms with Crippen molar-refractivity contribution in [2.45, 2.75) is 25.5 Å². The Labute approximate surface area is 169 Å². The molecule has 6 nitrogen and oxygen atoms in total. The first-order valence-electron chi connectivity index (χ1n) is 9.80. The molecule has 3 amide bonds. The number of carbonyl (C=O) groups excluding carboxylic acids is 2. The highest BCUT2D eigenvalue weighted by atomic mass is 19.1. The van der Waals surface area contributed by atoms with Crippen molar-refractivity contribution in [3.05, 3.63) is 71.5 Å². The van der Waals surface area contributed by atoms with Crippen LogP contribution in [-0.4, -0.2) is 41.6 Å². The van der Waals surface area contributed by atoms with Gasteiger partial charge in [-0.15, -0.1) is 0 Å². The summed E-state index contributed by atoms with van der Waals surface area (Å²) in [5.74, 6) is -0.355. The van der Waals surface area contributed by atoms with Crippen LogP contribution in [0.2, 0.25) is 0 Å². The van der Waals surface area contributed by atoms with Crippen LogP contribution in [0.25, 0.3) is 0 Å². The molecule has 0 spiro atoms. The van der Waals surface area contributed by atoms with Crippen LogP contribution >= 0.6 is 0 Å². The third-order valence-electron chi connectivity index (χ3n) is 5.25. The third-order valence-corrected chi connectivity index (χ3v) is 5.25. The smallest absolute Gasteiger partial charge is 0.315 e. The van der Waals surface area contributed by atoms with Crippen molar-refractivity contribution in [3.63, 3.8) is 0 Å². The summed E-state index contributed by atoms with van der Waals surface area (Å²) in [5.41, 5.74) is 1.67. The number of amides is 3. The lowest BCUT2D eigenvalue weighted by Crippen LogP contribution is -2.46. The molecule has 0 radical (unpaired) electrons. The number of aliphatic hydroxyl groups excluding tert-OH is 1. The summed E-state index contributed by atoms with van der Waals surface area (Å²) in [6.07, 6.45) is 0.917. The van der Waals surface area contributed by atoms with Gasteiger partial charge in [0.15, 0.2) is 0 Å². The molecule has 1 heterocycles. The maximum absolute atomic E-state index is 12.9. The molecule has 1 unspecified atom stereocenters. The van der Waals surface area contributed by atoms with E-state index in [-0.39, 0.29) is 30.7 Å². The molecule has 1 fully saturated rings. The van der Waals surface area contributed by atoms with E-state index in [1.807, 2.05) is 30.3 Å². The van der Waals surface area contributed by atoms with Gasteiger partial charge in [0.1, 0.15) is 5.82 Å². The molecular formula is C22H26FN3O3. The minimum Gasteiger partial charge on any atom is -0.388 e. The number of aliphatic hydroxyl groups is 1. The van der Waals surface area contributed by atoms with Gasteiger partial charge in [-0.1, -0.05) is 42.5 Å². The zero-order valence-electron chi connectivity index (χ0n) is 16.2. The van der Waals surface area contributed by atoms with Crippen LogP contribution in [-0.2, 0) is 11.3 Å². The Morgan fingerprint density at radius 3 is 2.34 bits per heavy atom. The highest BCUT2D eigenvalue weighted by Crippen LogP contribution is 2.30. The second-order valence-corrected chi connectivity index (χ2v) is 7.24. The van der Waals surface area contributed by atoms with Crippen LogP contribution in [0.4, 0.5) is 9.18 Å². The van der Waals surface area contributed by atoms with E-state index in [9.17, 15) is 19.1 Å². The predicted molar refractivity (Wildman–Crippen MR) is 107 cm³/mol. The van der Waals surface area contributed by atoms with Crippen LogP contribution in [0.15, 0.2) is 54.6 Å². The number of urea groups is 1. The van der Waals surface area contributed by atoms with Gasteiger partial charge in [0.2, 0.25) is 5.91 Å². The van der Waals surface area contributed by atoms with Crippen molar-refractivity contribution in [1.82, 2.24) is 15.5 Å².